The third kappa shape index (κ3) is 4.65. The molecule has 1 aliphatic heterocycles. The molecule has 0 saturated carbocycles. The van der Waals surface area contributed by atoms with Gasteiger partial charge in [-0.2, -0.15) is 0 Å². The molecule has 0 aromatic rings. The molecule has 0 spiro atoms. The average molecular weight is 293 g/mol. The summed E-state index contributed by atoms with van der Waals surface area (Å²) in [6.07, 6.45) is -4.28. The van der Waals surface area contributed by atoms with Crippen molar-refractivity contribution in [3.05, 3.63) is 0 Å². The van der Waals surface area contributed by atoms with Crippen LogP contribution in [0.15, 0.2) is 0 Å². The highest BCUT2D eigenvalue weighted by Gasteiger charge is 2.42. The van der Waals surface area contributed by atoms with Gasteiger partial charge in [0.1, 0.15) is 24.9 Å². The molecule has 1 rings (SSSR count). The van der Waals surface area contributed by atoms with Gasteiger partial charge in [0.15, 0.2) is 6.29 Å². The third-order valence-electron chi connectivity index (χ3n) is 3.08. The maximum atomic E-state index is 10.6. The van der Waals surface area contributed by atoms with Crippen LogP contribution in [0.1, 0.15) is 20.3 Å². The van der Waals surface area contributed by atoms with Crippen molar-refractivity contribution in [1.82, 2.24) is 0 Å². The first-order valence-electron chi connectivity index (χ1n) is 6.57. The van der Waals surface area contributed by atoms with Crippen molar-refractivity contribution in [1.29, 1.82) is 0 Å². The summed E-state index contributed by atoms with van der Waals surface area (Å²) in [7, 11) is 0. The molecular weight excluding hydrogens is 270 g/mol. The minimum Gasteiger partial charge on any atom is -0.463 e. The van der Waals surface area contributed by atoms with Crippen molar-refractivity contribution in [2.45, 2.75) is 57.0 Å². The number of esters is 1. The van der Waals surface area contributed by atoms with Crippen LogP contribution in [0.5, 0.6) is 0 Å². The predicted octanol–water partition coefficient (Wildman–Crippen LogP) is -1.89. The third-order valence-corrected chi connectivity index (χ3v) is 3.08. The molecule has 6 unspecified atom stereocenters. The summed E-state index contributed by atoms with van der Waals surface area (Å²) in [5.74, 6) is -0.501. The van der Waals surface area contributed by atoms with Crippen LogP contribution < -0.4 is 5.73 Å². The average Bonchev–Trinajstić information content (AvgIpc) is 2.42. The van der Waals surface area contributed by atoms with Crippen LogP contribution in [-0.4, -0.2) is 71.3 Å². The number of carbonyl (C=O) groups excluding carboxylic acids is 1. The van der Waals surface area contributed by atoms with Crippen molar-refractivity contribution in [2.75, 3.05) is 13.2 Å². The quantitative estimate of drug-likeness (QED) is 0.418. The molecule has 8 nitrogen and oxygen atoms in total. The lowest BCUT2D eigenvalue weighted by Crippen LogP contribution is -2.61. The molecular formula is C12H23NO7. The fraction of sp³-hybridized carbons (Fsp3) is 0.917. The first kappa shape index (κ1) is 17.3. The summed E-state index contributed by atoms with van der Waals surface area (Å²) in [4.78, 5) is 10.6. The largest absolute Gasteiger partial charge is 0.463 e. The molecule has 1 saturated heterocycles. The van der Waals surface area contributed by atoms with Crippen LogP contribution in [-0.2, 0) is 19.0 Å². The Hall–Kier alpha value is -0.770. The van der Waals surface area contributed by atoms with Gasteiger partial charge in [-0.15, -0.1) is 0 Å². The predicted molar refractivity (Wildman–Crippen MR) is 67.5 cm³/mol. The summed E-state index contributed by atoms with van der Waals surface area (Å²) in [5, 5.41) is 29.1. The molecule has 0 radical (unpaired) electrons. The molecule has 20 heavy (non-hydrogen) atoms. The fourth-order valence-corrected chi connectivity index (χ4v) is 1.91. The van der Waals surface area contributed by atoms with Crippen molar-refractivity contribution in [3.8, 4) is 0 Å². The normalized spacial score (nSPS) is 35.6. The van der Waals surface area contributed by atoms with Gasteiger partial charge in [-0.1, -0.05) is 6.92 Å². The van der Waals surface area contributed by atoms with Gasteiger partial charge in [-0.3, -0.25) is 4.79 Å². The van der Waals surface area contributed by atoms with Crippen LogP contribution in [0.3, 0.4) is 0 Å². The van der Waals surface area contributed by atoms with Crippen LogP contribution in [0.25, 0.3) is 0 Å². The van der Waals surface area contributed by atoms with Gasteiger partial charge >= 0.3 is 5.97 Å². The number of hydrogen-bond donors (Lipinski definition) is 4. The lowest BCUT2D eigenvalue weighted by atomic mass is 9.96. The number of aliphatic hydroxyl groups is 3. The minimum atomic E-state index is -1.16. The molecule has 0 aliphatic carbocycles. The number of nitrogens with two attached hydrogens (primary N) is 1. The number of carbonyl (C=O) groups is 1. The minimum absolute atomic E-state index is 0.162. The molecule has 1 heterocycles. The zero-order valence-electron chi connectivity index (χ0n) is 11.6. The van der Waals surface area contributed by atoms with E-state index in [0.29, 0.717) is 6.42 Å². The smallest absolute Gasteiger partial charge is 0.302 e. The van der Waals surface area contributed by atoms with E-state index in [0.717, 1.165) is 0 Å². The molecule has 0 amide bonds. The maximum Gasteiger partial charge on any atom is 0.302 e. The Bertz CT molecular complexity index is 312. The molecule has 6 atom stereocenters. The standard InChI is InChI=1S/C12H23NO7/c1-3-8-10(16)11(17)9(13)12(20-8)19-5-7(15)4-18-6(2)14/h7-12,15-17H,3-5,13H2,1-2H3. The Labute approximate surface area is 117 Å². The Kier molecular flexibility index (Phi) is 6.80. The van der Waals surface area contributed by atoms with E-state index in [1.165, 1.54) is 6.92 Å². The maximum absolute atomic E-state index is 10.6. The highest BCUT2D eigenvalue weighted by atomic mass is 16.7. The van der Waals surface area contributed by atoms with Gasteiger partial charge in [0.25, 0.3) is 0 Å². The summed E-state index contributed by atoms with van der Waals surface area (Å²) >= 11 is 0. The monoisotopic (exact) mass is 293 g/mol. The van der Waals surface area contributed by atoms with Gasteiger partial charge in [-0.25, -0.2) is 0 Å². The Morgan fingerprint density at radius 2 is 2.00 bits per heavy atom. The highest BCUT2D eigenvalue weighted by Crippen LogP contribution is 2.22. The van der Waals surface area contributed by atoms with E-state index in [1.807, 2.05) is 0 Å². The second-order valence-corrected chi connectivity index (χ2v) is 4.80. The number of aliphatic hydroxyl groups excluding tert-OH is 3. The van der Waals surface area contributed by atoms with Crippen LogP contribution in [0, 0.1) is 0 Å². The van der Waals surface area contributed by atoms with Gasteiger partial charge in [0.05, 0.1) is 18.8 Å². The van der Waals surface area contributed by atoms with Crippen molar-refractivity contribution >= 4 is 5.97 Å². The van der Waals surface area contributed by atoms with Crippen molar-refractivity contribution in [2.24, 2.45) is 5.73 Å². The molecule has 1 aliphatic rings. The molecule has 8 heteroatoms. The van der Waals surface area contributed by atoms with Crippen LogP contribution >= 0.6 is 0 Å². The number of rotatable bonds is 6. The summed E-state index contributed by atoms with van der Waals surface area (Å²) < 4.78 is 15.3. The number of ether oxygens (including phenoxy) is 3. The summed E-state index contributed by atoms with van der Waals surface area (Å²) in [5.41, 5.74) is 5.71. The van der Waals surface area contributed by atoms with E-state index < -0.39 is 42.7 Å². The van der Waals surface area contributed by atoms with E-state index in [9.17, 15) is 20.1 Å². The SMILES string of the molecule is CCC1OC(OCC(O)COC(C)=O)C(N)C(O)C1O. The van der Waals surface area contributed by atoms with Gasteiger partial charge in [0.2, 0.25) is 0 Å². The zero-order chi connectivity index (χ0) is 15.3. The number of hydrogen-bond acceptors (Lipinski definition) is 8. The molecule has 118 valence electrons. The fourth-order valence-electron chi connectivity index (χ4n) is 1.91. The molecule has 5 N–H and O–H groups in total. The van der Waals surface area contributed by atoms with Gasteiger partial charge in [0, 0.05) is 6.92 Å². The first-order chi connectivity index (χ1) is 9.36. The molecule has 0 aromatic heterocycles. The van der Waals surface area contributed by atoms with Gasteiger partial charge < -0.3 is 35.3 Å². The van der Waals surface area contributed by atoms with E-state index in [1.54, 1.807) is 6.92 Å². The van der Waals surface area contributed by atoms with E-state index in [-0.39, 0.29) is 13.2 Å². The molecule has 0 aromatic carbocycles. The topological polar surface area (TPSA) is 131 Å². The Morgan fingerprint density at radius 3 is 2.55 bits per heavy atom. The van der Waals surface area contributed by atoms with Crippen molar-refractivity contribution in [3.63, 3.8) is 0 Å². The van der Waals surface area contributed by atoms with E-state index in [4.69, 9.17) is 15.2 Å². The summed E-state index contributed by atoms with van der Waals surface area (Å²) in [6.45, 7) is 2.67. The van der Waals surface area contributed by atoms with Crippen molar-refractivity contribution < 1.29 is 34.3 Å². The molecule has 1 fully saturated rings. The van der Waals surface area contributed by atoms with Crippen LogP contribution in [0.4, 0.5) is 0 Å². The second kappa shape index (κ2) is 7.87. The Morgan fingerprint density at radius 1 is 1.35 bits per heavy atom. The van der Waals surface area contributed by atoms with E-state index >= 15 is 0 Å². The first-order valence-corrected chi connectivity index (χ1v) is 6.57. The second-order valence-electron chi connectivity index (χ2n) is 4.80. The lowest BCUT2D eigenvalue weighted by molar-refractivity contribution is -0.265. The Balaban J connectivity index is 2.43. The molecule has 0 bridgehead atoms. The lowest BCUT2D eigenvalue weighted by Gasteiger charge is -2.40. The van der Waals surface area contributed by atoms with Gasteiger partial charge in [-0.05, 0) is 6.42 Å². The summed E-state index contributed by atoms with van der Waals surface area (Å²) in [6, 6.07) is -0.922. The zero-order valence-corrected chi connectivity index (χ0v) is 11.6. The van der Waals surface area contributed by atoms with Crippen LogP contribution in [0.2, 0.25) is 0 Å². The van der Waals surface area contributed by atoms with E-state index in [2.05, 4.69) is 4.74 Å². The highest BCUT2D eigenvalue weighted by molar-refractivity contribution is 5.65.